The number of hydrogen-bond acceptors (Lipinski definition) is 5. The van der Waals surface area contributed by atoms with E-state index in [1.54, 1.807) is 25.2 Å². The second-order valence-electron chi connectivity index (χ2n) is 7.62. The van der Waals surface area contributed by atoms with Gasteiger partial charge in [-0.05, 0) is 48.7 Å². The van der Waals surface area contributed by atoms with E-state index in [1.165, 1.54) is 16.9 Å². The summed E-state index contributed by atoms with van der Waals surface area (Å²) in [5.41, 5.74) is 5.40. The molecule has 1 aliphatic rings. The normalized spacial score (nSPS) is 15.5. The molecule has 0 spiro atoms. The first-order valence-corrected chi connectivity index (χ1v) is 10.8. The van der Waals surface area contributed by atoms with Crippen molar-refractivity contribution in [3.05, 3.63) is 77.1 Å². The van der Waals surface area contributed by atoms with E-state index in [9.17, 15) is 18.4 Å². The molecule has 2 aromatic carbocycles. The van der Waals surface area contributed by atoms with Crippen molar-refractivity contribution in [1.29, 1.82) is 0 Å². The highest BCUT2D eigenvalue weighted by atomic mass is 32.2. The van der Waals surface area contributed by atoms with Crippen LogP contribution in [0.15, 0.2) is 58.5 Å². The summed E-state index contributed by atoms with van der Waals surface area (Å²) in [5, 5.41) is 3.89. The van der Waals surface area contributed by atoms with Crippen molar-refractivity contribution in [3.8, 4) is 0 Å². The van der Waals surface area contributed by atoms with E-state index < -0.39 is 28.7 Å². The maximum atomic E-state index is 14.8. The average Bonchev–Trinajstić information content (AvgIpc) is 3.22. The minimum absolute atomic E-state index is 0.0290. The lowest BCUT2D eigenvalue weighted by Gasteiger charge is -2.34. The largest absolute Gasteiger partial charge is 0.381 e. The molecule has 0 saturated carbocycles. The predicted molar refractivity (Wildman–Crippen MR) is 114 cm³/mol. The molecule has 1 aliphatic heterocycles. The summed E-state index contributed by atoms with van der Waals surface area (Å²) in [6.45, 7) is 0.846. The van der Waals surface area contributed by atoms with Crippen LogP contribution in [0.2, 0.25) is 0 Å². The number of nitrogens with two attached hydrogens (primary N) is 1. The molecule has 0 bridgehead atoms. The number of carbonyl (C=O) groups excluding carboxylic acids is 2. The van der Waals surface area contributed by atoms with Gasteiger partial charge in [-0.25, -0.2) is 8.78 Å². The predicted octanol–water partition coefficient (Wildman–Crippen LogP) is 3.61. The number of ketones is 1. The molecule has 0 radical (unpaired) electrons. The molecule has 2 heterocycles. The third kappa shape index (κ3) is 4.05. The standard InChI is InChI=1S/C23H21F2N3O3S/c1-28-19(5-8-27-28)21(29)16-12-18(25)20(13-17(16)24)32-15-4-2-3-14(11-15)23(22(26)30)6-9-31-10-7-23/h2-5,8,11-13H,6-7,9-10H2,1H3,(H2,26,30). The average molecular weight is 458 g/mol. The van der Waals surface area contributed by atoms with E-state index in [0.717, 1.165) is 29.5 Å². The second-order valence-corrected chi connectivity index (χ2v) is 8.74. The zero-order valence-corrected chi connectivity index (χ0v) is 18.1. The number of carbonyl (C=O) groups is 2. The van der Waals surface area contributed by atoms with Crippen molar-refractivity contribution in [2.45, 2.75) is 28.0 Å². The van der Waals surface area contributed by atoms with Gasteiger partial charge in [0.1, 0.15) is 17.3 Å². The van der Waals surface area contributed by atoms with Gasteiger partial charge in [-0.2, -0.15) is 5.10 Å². The zero-order chi connectivity index (χ0) is 22.9. The quantitative estimate of drug-likeness (QED) is 0.572. The number of hydrogen-bond donors (Lipinski definition) is 1. The van der Waals surface area contributed by atoms with Crippen LogP contribution in [-0.4, -0.2) is 34.7 Å². The van der Waals surface area contributed by atoms with Crippen LogP contribution >= 0.6 is 11.8 Å². The fourth-order valence-corrected chi connectivity index (χ4v) is 4.80. The Morgan fingerprint density at radius 1 is 1.12 bits per heavy atom. The highest BCUT2D eigenvalue weighted by molar-refractivity contribution is 7.99. The van der Waals surface area contributed by atoms with Crippen LogP contribution in [0.1, 0.15) is 34.5 Å². The van der Waals surface area contributed by atoms with Crippen molar-refractivity contribution in [3.63, 3.8) is 0 Å². The monoisotopic (exact) mass is 457 g/mol. The fraction of sp³-hybridized carbons (Fsp3) is 0.261. The van der Waals surface area contributed by atoms with Gasteiger partial charge in [-0.15, -0.1) is 0 Å². The maximum absolute atomic E-state index is 14.8. The highest BCUT2D eigenvalue weighted by Gasteiger charge is 2.40. The van der Waals surface area contributed by atoms with Gasteiger partial charge < -0.3 is 10.5 Å². The number of primary amides is 1. The molecule has 1 fully saturated rings. The van der Waals surface area contributed by atoms with Gasteiger partial charge in [0.05, 0.1) is 15.9 Å². The number of nitrogens with zero attached hydrogens (tertiary/aromatic N) is 2. The van der Waals surface area contributed by atoms with Crippen molar-refractivity contribution >= 4 is 23.5 Å². The minimum Gasteiger partial charge on any atom is -0.381 e. The van der Waals surface area contributed by atoms with E-state index in [2.05, 4.69) is 5.10 Å². The number of ether oxygens (including phenoxy) is 1. The third-order valence-electron chi connectivity index (χ3n) is 5.75. The lowest BCUT2D eigenvalue weighted by Crippen LogP contribution is -2.45. The highest BCUT2D eigenvalue weighted by Crippen LogP contribution is 2.38. The first kappa shape index (κ1) is 22.2. The number of aromatic nitrogens is 2. The van der Waals surface area contributed by atoms with Gasteiger partial charge in [-0.1, -0.05) is 23.9 Å². The summed E-state index contributed by atoms with van der Waals surface area (Å²) in [6, 6.07) is 10.4. The molecule has 0 aliphatic carbocycles. The SMILES string of the molecule is Cn1nccc1C(=O)c1cc(F)c(Sc2cccc(C3(C(N)=O)CCOCC3)c2)cc1F. The summed E-state index contributed by atoms with van der Waals surface area (Å²) in [4.78, 5) is 25.5. The molecule has 0 unspecified atom stereocenters. The van der Waals surface area contributed by atoms with Gasteiger partial charge >= 0.3 is 0 Å². The summed E-state index contributed by atoms with van der Waals surface area (Å²) >= 11 is 1.01. The molecule has 3 aromatic rings. The number of benzene rings is 2. The summed E-state index contributed by atoms with van der Waals surface area (Å²) in [5.74, 6) is -2.63. The molecule has 1 amide bonds. The second kappa shape index (κ2) is 8.84. The minimum atomic E-state index is -0.849. The first-order chi connectivity index (χ1) is 15.3. The molecular weight excluding hydrogens is 436 g/mol. The van der Waals surface area contributed by atoms with E-state index in [1.807, 2.05) is 6.07 Å². The Labute approximate surface area is 187 Å². The summed E-state index contributed by atoms with van der Waals surface area (Å²) < 4.78 is 36.2. The van der Waals surface area contributed by atoms with Crippen LogP contribution < -0.4 is 5.73 Å². The van der Waals surface area contributed by atoms with E-state index in [0.29, 0.717) is 31.0 Å². The van der Waals surface area contributed by atoms with E-state index in [-0.39, 0.29) is 16.2 Å². The van der Waals surface area contributed by atoms with Crippen molar-refractivity contribution in [1.82, 2.24) is 9.78 Å². The summed E-state index contributed by atoms with van der Waals surface area (Å²) in [6.07, 6.45) is 2.34. The van der Waals surface area contributed by atoms with Crippen LogP contribution in [0.5, 0.6) is 0 Å². The number of amides is 1. The van der Waals surface area contributed by atoms with Gasteiger partial charge in [0, 0.05) is 31.4 Å². The molecule has 0 atom stereocenters. The molecule has 166 valence electrons. The Kier molecular flexibility index (Phi) is 6.12. The first-order valence-electron chi connectivity index (χ1n) is 9.99. The molecular formula is C23H21F2N3O3S. The molecule has 4 rings (SSSR count). The smallest absolute Gasteiger partial charge is 0.228 e. The van der Waals surface area contributed by atoms with Crippen molar-refractivity contribution in [2.24, 2.45) is 12.8 Å². The van der Waals surface area contributed by atoms with Crippen LogP contribution in [0.3, 0.4) is 0 Å². The van der Waals surface area contributed by atoms with Crippen LogP contribution in [-0.2, 0) is 22.0 Å². The van der Waals surface area contributed by atoms with Crippen LogP contribution in [0.25, 0.3) is 0 Å². The van der Waals surface area contributed by atoms with E-state index >= 15 is 0 Å². The lowest BCUT2D eigenvalue weighted by atomic mass is 9.73. The molecule has 6 nitrogen and oxygen atoms in total. The van der Waals surface area contributed by atoms with Gasteiger partial charge in [0.25, 0.3) is 0 Å². The van der Waals surface area contributed by atoms with E-state index in [4.69, 9.17) is 10.5 Å². The van der Waals surface area contributed by atoms with Gasteiger partial charge in [0.15, 0.2) is 0 Å². The van der Waals surface area contributed by atoms with Crippen LogP contribution in [0, 0.1) is 11.6 Å². The summed E-state index contributed by atoms with van der Waals surface area (Å²) in [7, 11) is 1.55. The Morgan fingerprint density at radius 2 is 1.88 bits per heavy atom. The third-order valence-corrected chi connectivity index (χ3v) is 6.77. The topological polar surface area (TPSA) is 87.2 Å². The Morgan fingerprint density at radius 3 is 2.53 bits per heavy atom. The van der Waals surface area contributed by atoms with Crippen molar-refractivity contribution < 1.29 is 23.1 Å². The number of halogens is 2. The molecule has 2 N–H and O–H groups in total. The number of aryl methyl sites for hydroxylation is 1. The molecule has 1 aromatic heterocycles. The number of rotatable bonds is 6. The van der Waals surface area contributed by atoms with Crippen LogP contribution in [0.4, 0.5) is 8.78 Å². The van der Waals surface area contributed by atoms with Gasteiger partial charge in [0.2, 0.25) is 11.7 Å². The van der Waals surface area contributed by atoms with Crippen molar-refractivity contribution in [2.75, 3.05) is 13.2 Å². The van der Waals surface area contributed by atoms with Gasteiger partial charge in [-0.3, -0.25) is 14.3 Å². The molecule has 32 heavy (non-hydrogen) atoms. The Balaban J connectivity index is 1.63. The Hall–Kier alpha value is -3.04. The Bertz CT molecular complexity index is 1190. The molecule has 1 saturated heterocycles. The lowest BCUT2D eigenvalue weighted by molar-refractivity contribution is -0.127. The zero-order valence-electron chi connectivity index (χ0n) is 17.3. The maximum Gasteiger partial charge on any atom is 0.228 e. The fourth-order valence-electron chi connectivity index (χ4n) is 3.90. The molecule has 9 heteroatoms.